The van der Waals surface area contributed by atoms with Crippen molar-refractivity contribution in [2.24, 2.45) is 10.9 Å². The molecule has 1 aromatic carbocycles. The minimum atomic E-state index is 0. The largest absolute Gasteiger partial charge is 0.508 e. The Balaban J connectivity index is 0.00000264. The molecule has 0 aromatic heterocycles. The van der Waals surface area contributed by atoms with Gasteiger partial charge in [0.25, 0.3) is 0 Å². The quantitative estimate of drug-likeness (QED) is 0.379. The number of phenols is 1. The van der Waals surface area contributed by atoms with E-state index in [-0.39, 0.29) is 24.0 Å². The molecule has 1 aromatic rings. The number of guanidine groups is 1. The van der Waals surface area contributed by atoms with E-state index in [0.29, 0.717) is 11.8 Å². The van der Waals surface area contributed by atoms with Crippen molar-refractivity contribution >= 4 is 29.9 Å². The zero-order valence-corrected chi connectivity index (χ0v) is 16.5. The molecular formula is C18H30IN3O. The summed E-state index contributed by atoms with van der Waals surface area (Å²) in [7, 11) is 0. The minimum absolute atomic E-state index is 0. The van der Waals surface area contributed by atoms with Crippen molar-refractivity contribution in [1.82, 2.24) is 10.6 Å². The van der Waals surface area contributed by atoms with Gasteiger partial charge in [-0.1, -0.05) is 31.9 Å². The van der Waals surface area contributed by atoms with Crippen LogP contribution >= 0.6 is 24.0 Å². The van der Waals surface area contributed by atoms with E-state index in [1.807, 2.05) is 12.1 Å². The van der Waals surface area contributed by atoms with Gasteiger partial charge < -0.3 is 15.7 Å². The number of hydrogen-bond donors (Lipinski definition) is 3. The number of aromatic hydroxyl groups is 1. The van der Waals surface area contributed by atoms with Crippen molar-refractivity contribution in [2.75, 3.05) is 13.1 Å². The highest BCUT2D eigenvalue weighted by molar-refractivity contribution is 14.0. The first kappa shape index (κ1) is 20.1. The van der Waals surface area contributed by atoms with Gasteiger partial charge in [0.2, 0.25) is 0 Å². The van der Waals surface area contributed by atoms with E-state index in [0.717, 1.165) is 37.0 Å². The smallest absolute Gasteiger partial charge is 0.191 e. The Morgan fingerprint density at radius 2 is 2.17 bits per heavy atom. The summed E-state index contributed by atoms with van der Waals surface area (Å²) in [4.78, 5) is 4.67. The molecule has 1 aliphatic rings. The lowest BCUT2D eigenvalue weighted by Gasteiger charge is -2.28. The number of hydrogen-bond acceptors (Lipinski definition) is 2. The van der Waals surface area contributed by atoms with E-state index < -0.39 is 0 Å². The van der Waals surface area contributed by atoms with Crippen LogP contribution in [0, 0.1) is 5.92 Å². The van der Waals surface area contributed by atoms with Crippen molar-refractivity contribution in [3.05, 3.63) is 29.8 Å². The van der Waals surface area contributed by atoms with Crippen LogP contribution in [0.25, 0.3) is 0 Å². The first-order valence-electron chi connectivity index (χ1n) is 8.50. The fourth-order valence-corrected chi connectivity index (χ4v) is 3.09. The molecule has 0 amide bonds. The molecule has 0 bridgehead atoms. The molecule has 0 aliphatic heterocycles. The van der Waals surface area contributed by atoms with Crippen LogP contribution in [-0.2, 0) is 6.42 Å². The molecule has 0 heterocycles. The number of aliphatic imine (C=N–C) groups is 1. The minimum Gasteiger partial charge on any atom is -0.508 e. The van der Waals surface area contributed by atoms with Gasteiger partial charge in [-0.3, -0.25) is 4.99 Å². The van der Waals surface area contributed by atoms with Gasteiger partial charge in [0.05, 0.1) is 0 Å². The zero-order chi connectivity index (χ0) is 15.8. The second kappa shape index (κ2) is 10.7. The van der Waals surface area contributed by atoms with Crippen LogP contribution in [0.2, 0.25) is 0 Å². The summed E-state index contributed by atoms with van der Waals surface area (Å²) in [6.45, 7) is 6.02. The van der Waals surface area contributed by atoms with Gasteiger partial charge in [-0.25, -0.2) is 0 Å². The molecule has 0 spiro atoms. The average molecular weight is 431 g/mol. The number of rotatable bonds is 5. The van der Waals surface area contributed by atoms with Crippen molar-refractivity contribution < 1.29 is 5.11 Å². The first-order valence-corrected chi connectivity index (χ1v) is 8.50. The Bertz CT molecular complexity index is 493. The third-order valence-electron chi connectivity index (χ3n) is 4.20. The first-order chi connectivity index (χ1) is 10.7. The van der Waals surface area contributed by atoms with Crippen LogP contribution in [-0.4, -0.2) is 30.2 Å². The van der Waals surface area contributed by atoms with E-state index in [1.165, 1.54) is 25.7 Å². The van der Waals surface area contributed by atoms with Crippen molar-refractivity contribution in [3.63, 3.8) is 0 Å². The molecule has 2 atom stereocenters. The van der Waals surface area contributed by atoms with Crippen molar-refractivity contribution in [2.45, 2.75) is 52.0 Å². The SMILES string of the molecule is CCNC(=NCCc1cccc(O)c1)NC1CCCC(C)C1.I. The van der Waals surface area contributed by atoms with Crippen LogP contribution in [0.3, 0.4) is 0 Å². The Hall–Kier alpha value is -0.980. The summed E-state index contributed by atoms with van der Waals surface area (Å²) in [6.07, 6.45) is 5.97. The van der Waals surface area contributed by atoms with E-state index >= 15 is 0 Å². The molecule has 0 saturated heterocycles. The summed E-state index contributed by atoms with van der Waals surface area (Å²) in [6, 6.07) is 7.95. The molecule has 1 fully saturated rings. The molecule has 4 nitrogen and oxygen atoms in total. The number of nitrogens with zero attached hydrogens (tertiary/aromatic N) is 1. The summed E-state index contributed by atoms with van der Waals surface area (Å²) >= 11 is 0. The van der Waals surface area contributed by atoms with Crippen LogP contribution in [0.1, 0.15) is 45.1 Å². The number of phenolic OH excluding ortho intramolecular Hbond substituents is 1. The number of nitrogens with one attached hydrogen (secondary N) is 2. The number of halogens is 1. The lowest BCUT2D eigenvalue weighted by atomic mass is 9.87. The van der Waals surface area contributed by atoms with E-state index in [9.17, 15) is 5.11 Å². The third kappa shape index (κ3) is 7.42. The van der Waals surface area contributed by atoms with E-state index in [1.54, 1.807) is 12.1 Å². The van der Waals surface area contributed by atoms with E-state index in [2.05, 4.69) is 29.5 Å². The predicted octanol–water partition coefficient (Wildman–Crippen LogP) is 3.69. The molecule has 1 aliphatic carbocycles. The van der Waals surface area contributed by atoms with Gasteiger partial charge in [0, 0.05) is 19.1 Å². The highest BCUT2D eigenvalue weighted by atomic mass is 127. The van der Waals surface area contributed by atoms with Gasteiger partial charge in [-0.2, -0.15) is 0 Å². The third-order valence-corrected chi connectivity index (χ3v) is 4.20. The molecule has 2 rings (SSSR count). The Morgan fingerprint density at radius 1 is 1.35 bits per heavy atom. The molecule has 1 saturated carbocycles. The molecule has 5 heteroatoms. The van der Waals surface area contributed by atoms with Crippen molar-refractivity contribution in [1.29, 1.82) is 0 Å². The van der Waals surface area contributed by atoms with Crippen LogP contribution in [0.5, 0.6) is 5.75 Å². The number of benzene rings is 1. The van der Waals surface area contributed by atoms with Gasteiger partial charge in [0.1, 0.15) is 5.75 Å². The van der Waals surface area contributed by atoms with Crippen LogP contribution < -0.4 is 10.6 Å². The zero-order valence-electron chi connectivity index (χ0n) is 14.2. The van der Waals surface area contributed by atoms with Gasteiger partial charge in [-0.05, 0) is 49.8 Å². The predicted molar refractivity (Wildman–Crippen MR) is 108 cm³/mol. The van der Waals surface area contributed by atoms with Crippen molar-refractivity contribution in [3.8, 4) is 5.75 Å². The highest BCUT2D eigenvalue weighted by Gasteiger charge is 2.19. The Labute approximate surface area is 157 Å². The topological polar surface area (TPSA) is 56.7 Å². The Morgan fingerprint density at radius 3 is 2.87 bits per heavy atom. The van der Waals surface area contributed by atoms with Crippen LogP contribution in [0.4, 0.5) is 0 Å². The van der Waals surface area contributed by atoms with Crippen LogP contribution in [0.15, 0.2) is 29.3 Å². The molecule has 3 N–H and O–H groups in total. The molecule has 23 heavy (non-hydrogen) atoms. The molecule has 130 valence electrons. The van der Waals surface area contributed by atoms with Gasteiger partial charge in [-0.15, -0.1) is 24.0 Å². The fraction of sp³-hybridized carbons (Fsp3) is 0.611. The normalized spacial score (nSPS) is 21.4. The molecular weight excluding hydrogens is 401 g/mol. The highest BCUT2D eigenvalue weighted by Crippen LogP contribution is 2.23. The lowest BCUT2D eigenvalue weighted by Crippen LogP contribution is -2.45. The summed E-state index contributed by atoms with van der Waals surface area (Å²) < 4.78 is 0. The monoisotopic (exact) mass is 431 g/mol. The maximum atomic E-state index is 9.49. The second-order valence-corrected chi connectivity index (χ2v) is 6.29. The average Bonchev–Trinajstić information content (AvgIpc) is 2.47. The maximum absolute atomic E-state index is 9.49. The standard InChI is InChI=1S/C18H29N3O.HI/c1-3-19-18(21-16-8-4-6-14(2)12-16)20-11-10-15-7-5-9-17(22)13-15;/h5,7,9,13-14,16,22H,3-4,6,8,10-12H2,1-2H3,(H2,19,20,21);1H. The maximum Gasteiger partial charge on any atom is 0.191 e. The summed E-state index contributed by atoms with van der Waals surface area (Å²) in [5.41, 5.74) is 1.12. The summed E-state index contributed by atoms with van der Waals surface area (Å²) in [5.74, 6) is 2.05. The Kier molecular flexibility index (Phi) is 9.36. The molecule has 2 unspecified atom stereocenters. The second-order valence-electron chi connectivity index (χ2n) is 6.29. The molecule has 0 radical (unpaired) electrons. The summed E-state index contributed by atoms with van der Waals surface area (Å²) in [5, 5.41) is 16.4. The lowest BCUT2D eigenvalue weighted by molar-refractivity contribution is 0.324. The van der Waals surface area contributed by atoms with Gasteiger partial charge in [0.15, 0.2) is 5.96 Å². The van der Waals surface area contributed by atoms with E-state index in [4.69, 9.17) is 0 Å². The van der Waals surface area contributed by atoms with Gasteiger partial charge >= 0.3 is 0 Å². The fourth-order valence-electron chi connectivity index (χ4n) is 3.09.